The summed E-state index contributed by atoms with van der Waals surface area (Å²) >= 11 is 0. The van der Waals surface area contributed by atoms with Crippen LogP contribution >= 0.6 is 0 Å². The molecule has 2 rings (SSSR count). The highest BCUT2D eigenvalue weighted by Crippen LogP contribution is 2.24. The molecule has 4 heteroatoms. The van der Waals surface area contributed by atoms with Gasteiger partial charge in [-0.1, -0.05) is 12.8 Å². The smallest absolute Gasteiger partial charge is 0.224 e. The van der Waals surface area contributed by atoms with E-state index in [1.54, 1.807) is 6.20 Å². The highest BCUT2D eigenvalue weighted by molar-refractivity contribution is 5.39. The molecule has 2 N–H and O–H groups in total. The minimum absolute atomic E-state index is 0.707. The van der Waals surface area contributed by atoms with E-state index < -0.39 is 0 Å². The van der Waals surface area contributed by atoms with Gasteiger partial charge in [-0.3, -0.25) is 0 Å². The van der Waals surface area contributed by atoms with E-state index in [4.69, 9.17) is 0 Å². The van der Waals surface area contributed by atoms with Crippen molar-refractivity contribution in [3.05, 3.63) is 12.3 Å². The second-order valence-corrected chi connectivity index (χ2v) is 4.33. The summed E-state index contributed by atoms with van der Waals surface area (Å²) in [5, 5.41) is 6.51. The standard InChI is InChI=1S/C12H20N4/c1-2-13-12-14-8-7-11(16-12)15-9-10-5-3-4-6-10/h7-8,10H,2-6,9H2,1H3,(H2,13,14,15,16). The van der Waals surface area contributed by atoms with Crippen LogP contribution in [0.3, 0.4) is 0 Å². The Kier molecular flexibility index (Phi) is 3.97. The number of anilines is 2. The number of nitrogens with one attached hydrogen (secondary N) is 2. The second-order valence-electron chi connectivity index (χ2n) is 4.33. The van der Waals surface area contributed by atoms with Gasteiger partial charge in [-0.15, -0.1) is 0 Å². The van der Waals surface area contributed by atoms with Gasteiger partial charge in [-0.05, 0) is 31.7 Å². The van der Waals surface area contributed by atoms with Crippen molar-refractivity contribution < 1.29 is 0 Å². The molecule has 0 radical (unpaired) electrons. The highest BCUT2D eigenvalue weighted by Gasteiger charge is 2.14. The van der Waals surface area contributed by atoms with Gasteiger partial charge in [0.1, 0.15) is 5.82 Å². The first kappa shape index (κ1) is 11.2. The van der Waals surface area contributed by atoms with Crippen molar-refractivity contribution in [2.75, 3.05) is 23.7 Å². The maximum absolute atomic E-state index is 4.39. The van der Waals surface area contributed by atoms with E-state index in [0.29, 0.717) is 5.95 Å². The van der Waals surface area contributed by atoms with Gasteiger partial charge in [-0.25, -0.2) is 4.98 Å². The summed E-state index contributed by atoms with van der Waals surface area (Å²) in [4.78, 5) is 8.54. The average molecular weight is 220 g/mol. The van der Waals surface area contributed by atoms with Crippen LogP contribution in [0.2, 0.25) is 0 Å². The molecule has 1 aliphatic rings. The van der Waals surface area contributed by atoms with Crippen molar-refractivity contribution in [2.45, 2.75) is 32.6 Å². The molecule has 0 bridgehead atoms. The molecule has 1 aliphatic carbocycles. The van der Waals surface area contributed by atoms with Crippen molar-refractivity contribution in [1.82, 2.24) is 9.97 Å². The lowest BCUT2D eigenvalue weighted by Gasteiger charge is -2.11. The molecular formula is C12H20N4. The maximum atomic E-state index is 4.39. The van der Waals surface area contributed by atoms with Crippen LogP contribution in [-0.2, 0) is 0 Å². The van der Waals surface area contributed by atoms with E-state index in [1.165, 1.54) is 25.7 Å². The average Bonchev–Trinajstić information content (AvgIpc) is 2.80. The van der Waals surface area contributed by atoms with Crippen LogP contribution in [0.15, 0.2) is 12.3 Å². The molecule has 4 nitrogen and oxygen atoms in total. The fourth-order valence-corrected chi connectivity index (χ4v) is 2.16. The van der Waals surface area contributed by atoms with Gasteiger partial charge >= 0.3 is 0 Å². The van der Waals surface area contributed by atoms with Gasteiger partial charge in [0.2, 0.25) is 5.95 Å². The summed E-state index contributed by atoms with van der Waals surface area (Å²) in [6.07, 6.45) is 7.29. The highest BCUT2D eigenvalue weighted by atomic mass is 15.1. The van der Waals surface area contributed by atoms with Gasteiger partial charge in [0.05, 0.1) is 0 Å². The van der Waals surface area contributed by atoms with Crippen molar-refractivity contribution in [2.24, 2.45) is 5.92 Å². The van der Waals surface area contributed by atoms with Crippen molar-refractivity contribution in [1.29, 1.82) is 0 Å². The van der Waals surface area contributed by atoms with E-state index in [9.17, 15) is 0 Å². The predicted molar refractivity (Wildman–Crippen MR) is 66.6 cm³/mol. The molecule has 0 amide bonds. The number of hydrogen-bond donors (Lipinski definition) is 2. The van der Waals surface area contributed by atoms with Crippen LogP contribution < -0.4 is 10.6 Å². The summed E-state index contributed by atoms with van der Waals surface area (Å²) in [5.74, 6) is 2.47. The summed E-state index contributed by atoms with van der Waals surface area (Å²) in [7, 11) is 0. The monoisotopic (exact) mass is 220 g/mol. The Balaban J connectivity index is 1.85. The van der Waals surface area contributed by atoms with Crippen LogP contribution in [0.1, 0.15) is 32.6 Å². The molecule has 1 aromatic rings. The topological polar surface area (TPSA) is 49.8 Å². The zero-order chi connectivity index (χ0) is 11.2. The molecule has 1 aromatic heterocycles. The first-order valence-electron chi connectivity index (χ1n) is 6.19. The molecule has 0 aliphatic heterocycles. The Labute approximate surface area is 96.9 Å². The first-order valence-corrected chi connectivity index (χ1v) is 6.19. The Morgan fingerprint density at radius 1 is 1.31 bits per heavy atom. The third kappa shape index (κ3) is 3.08. The van der Waals surface area contributed by atoms with Crippen LogP contribution in [0.25, 0.3) is 0 Å². The summed E-state index contributed by atoms with van der Waals surface area (Å²) in [5.41, 5.74) is 0. The summed E-state index contributed by atoms with van der Waals surface area (Å²) in [6.45, 7) is 3.94. The number of aromatic nitrogens is 2. The third-order valence-electron chi connectivity index (χ3n) is 3.04. The van der Waals surface area contributed by atoms with Crippen LogP contribution in [0.5, 0.6) is 0 Å². The lowest BCUT2D eigenvalue weighted by atomic mass is 10.1. The van der Waals surface area contributed by atoms with E-state index in [-0.39, 0.29) is 0 Å². The van der Waals surface area contributed by atoms with Crippen molar-refractivity contribution in [3.8, 4) is 0 Å². The molecule has 16 heavy (non-hydrogen) atoms. The molecule has 1 heterocycles. The molecule has 88 valence electrons. The number of hydrogen-bond acceptors (Lipinski definition) is 4. The minimum Gasteiger partial charge on any atom is -0.370 e. The number of nitrogens with zero attached hydrogens (tertiary/aromatic N) is 2. The molecule has 1 fully saturated rings. The molecule has 0 spiro atoms. The zero-order valence-corrected chi connectivity index (χ0v) is 9.87. The lowest BCUT2D eigenvalue weighted by molar-refractivity contribution is 0.579. The molecule has 1 saturated carbocycles. The Morgan fingerprint density at radius 3 is 2.88 bits per heavy atom. The molecule has 0 atom stereocenters. The molecule has 0 unspecified atom stereocenters. The molecule has 0 aromatic carbocycles. The second kappa shape index (κ2) is 5.68. The third-order valence-corrected chi connectivity index (χ3v) is 3.04. The van der Waals surface area contributed by atoms with E-state index in [1.807, 2.05) is 13.0 Å². The van der Waals surface area contributed by atoms with Gasteiger partial charge in [0, 0.05) is 19.3 Å². The van der Waals surface area contributed by atoms with Crippen LogP contribution in [-0.4, -0.2) is 23.1 Å². The fraction of sp³-hybridized carbons (Fsp3) is 0.667. The van der Waals surface area contributed by atoms with Crippen LogP contribution in [0, 0.1) is 5.92 Å². The summed E-state index contributed by atoms with van der Waals surface area (Å²) < 4.78 is 0. The van der Waals surface area contributed by atoms with E-state index in [0.717, 1.165) is 24.8 Å². The lowest BCUT2D eigenvalue weighted by Crippen LogP contribution is -2.12. The fourth-order valence-electron chi connectivity index (χ4n) is 2.16. The van der Waals surface area contributed by atoms with Crippen molar-refractivity contribution >= 4 is 11.8 Å². The van der Waals surface area contributed by atoms with E-state index >= 15 is 0 Å². The number of rotatable bonds is 5. The Bertz CT molecular complexity index is 321. The van der Waals surface area contributed by atoms with Crippen molar-refractivity contribution in [3.63, 3.8) is 0 Å². The van der Waals surface area contributed by atoms with E-state index in [2.05, 4.69) is 20.6 Å². The first-order chi connectivity index (χ1) is 7.88. The van der Waals surface area contributed by atoms with Crippen LogP contribution in [0.4, 0.5) is 11.8 Å². The normalized spacial score (nSPS) is 16.3. The zero-order valence-electron chi connectivity index (χ0n) is 9.87. The quantitative estimate of drug-likeness (QED) is 0.800. The van der Waals surface area contributed by atoms with Gasteiger partial charge in [0.25, 0.3) is 0 Å². The minimum atomic E-state index is 0.707. The Hall–Kier alpha value is -1.32. The SMILES string of the molecule is CCNc1nccc(NCC2CCCC2)n1. The van der Waals surface area contributed by atoms with Gasteiger partial charge in [0.15, 0.2) is 0 Å². The summed E-state index contributed by atoms with van der Waals surface area (Å²) in [6, 6.07) is 1.93. The molecular weight excluding hydrogens is 200 g/mol. The Morgan fingerprint density at radius 2 is 2.12 bits per heavy atom. The van der Waals surface area contributed by atoms with Gasteiger partial charge in [-0.2, -0.15) is 4.98 Å². The largest absolute Gasteiger partial charge is 0.370 e. The van der Waals surface area contributed by atoms with Gasteiger partial charge < -0.3 is 10.6 Å². The molecule has 0 saturated heterocycles. The maximum Gasteiger partial charge on any atom is 0.224 e. The predicted octanol–water partition coefficient (Wildman–Crippen LogP) is 2.51.